The second kappa shape index (κ2) is 11.6. The zero-order valence-corrected chi connectivity index (χ0v) is 25.0. The molecule has 44 heavy (non-hydrogen) atoms. The molecule has 1 fully saturated rings. The Balaban J connectivity index is 1.56. The molecule has 1 saturated carbocycles. The summed E-state index contributed by atoms with van der Waals surface area (Å²) in [5, 5.41) is 21.3. The van der Waals surface area contributed by atoms with E-state index in [1.165, 1.54) is 24.6 Å². The molecule has 0 spiro atoms. The number of nitrogens with zero attached hydrogens (tertiary/aromatic N) is 3. The summed E-state index contributed by atoms with van der Waals surface area (Å²) >= 11 is 1.10. The number of carboxylic acid groups (broad SMARTS) is 1. The molecule has 1 aliphatic rings. The highest BCUT2D eigenvalue weighted by molar-refractivity contribution is 7.89. The second-order valence-corrected chi connectivity index (χ2v) is 12.9. The van der Waals surface area contributed by atoms with E-state index in [9.17, 15) is 22.7 Å². The van der Waals surface area contributed by atoms with Gasteiger partial charge in [0.05, 0.1) is 18.5 Å². The number of methoxy groups -OCH3 is 1. The Kier molecular flexibility index (Phi) is 7.78. The molecule has 0 radical (unpaired) electrons. The molecule has 0 unspecified atom stereocenters. The lowest BCUT2D eigenvalue weighted by Gasteiger charge is -2.13. The molecular weight excluding hydrogens is 610 g/mol. The third kappa shape index (κ3) is 5.98. The van der Waals surface area contributed by atoms with Gasteiger partial charge in [0.1, 0.15) is 22.3 Å². The molecule has 0 bridgehead atoms. The number of carboxylic acids is 1. The van der Waals surface area contributed by atoms with Crippen LogP contribution in [0.1, 0.15) is 40.2 Å². The maximum absolute atomic E-state index is 15.3. The van der Waals surface area contributed by atoms with Gasteiger partial charge in [-0.3, -0.25) is 0 Å². The number of nitrogens with two attached hydrogens (primary N) is 1. The molecular formula is C31H26F2N4O5S2. The van der Waals surface area contributed by atoms with Crippen LogP contribution >= 0.6 is 11.3 Å². The van der Waals surface area contributed by atoms with Gasteiger partial charge in [-0.25, -0.2) is 36.8 Å². The number of sulfonamides is 1. The molecule has 13 heteroatoms. The van der Waals surface area contributed by atoms with Crippen LogP contribution in [0, 0.1) is 17.6 Å². The van der Waals surface area contributed by atoms with E-state index in [0.29, 0.717) is 62.4 Å². The van der Waals surface area contributed by atoms with Gasteiger partial charge in [0.15, 0.2) is 5.69 Å². The van der Waals surface area contributed by atoms with E-state index in [4.69, 9.17) is 15.0 Å². The molecule has 3 N–H and O–H groups in total. The average Bonchev–Trinajstić information content (AvgIpc) is 3.54. The summed E-state index contributed by atoms with van der Waals surface area (Å²) in [6, 6.07) is 15.4. The number of ether oxygens (including phenoxy) is 1. The molecule has 3 aromatic carbocycles. The van der Waals surface area contributed by atoms with Crippen molar-refractivity contribution >= 4 is 27.3 Å². The third-order valence-electron chi connectivity index (χ3n) is 7.44. The standard InChI is InChI=1S/C31H26F2N4O5S2/c1-42-21-4-2-3-19(14-21)22-15-20(8-9-24(22)32)29-23(11-18-7-10-28(25(33)12-18)44(34,40)41)26(13-17-5-6-17)36-37(29)31-35-27(16-43-31)30(38)39/h2-4,7-10,12,14-17H,5-6,11,13H2,1H3,(H,38,39)(H2,34,40,41). The van der Waals surface area contributed by atoms with Crippen LogP contribution in [0.25, 0.3) is 27.5 Å². The van der Waals surface area contributed by atoms with E-state index in [1.807, 2.05) is 0 Å². The molecule has 0 atom stereocenters. The molecule has 0 saturated heterocycles. The van der Waals surface area contributed by atoms with Gasteiger partial charge in [0.2, 0.25) is 15.2 Å². The number of halogens is 2. The first-order valence-corrected chi connectivity index (χ1v) is 16.0. The fraction of sp³-hybridized carbons (Fsp3) is 0.194. The van der Waals surface area contributed by atoms with Gasteiger partial charge >= 0.3 is 5.97 Å². The Morgan fingerprint density at radius 3 is 2.55 bits per heavy atom. The van der Waals surface area contributed by atoms with Crippen LogP contribution in [-0.4, -0.2) is 41.4 Å². The molecule has 5 aromatic rings. The molecule has 1 aliphatic carbocycles. The monoisotopic (exact) mass is 636 g/mol. The number of aromatic nitrogens is 3. The summed E-state index contributed by atoms with van der Waals surface area (Å²) in [5.74, 6) is -1.67. The van der Waals surface area contributed by atoms with Crippen LogP contribution in [0.5, 0.6) is 5.75 Å². The number of benzene rings is 3. The minimum absolute atomic E-state index is 0.145. The normalized spacial score (nSPS) is 13.3. The number of primary sulfonamides is 1. The maximum Gasteiger partial charge on any atom is 0.355 e. The van der Waals surface area contributed by atoms with E-state index in [0.717, 1.165) is 36.3 Å². The van der Waals surface area contributed by atoms with E-state index >= 15 is 4.39 Å². The van der Waals surface area contributed by atoms with E-state index < -0.39 is 32.5 Å². The zero-order chi connectivity index (χ0) is 31.2. The van der Waals surface area contributed by atoms with Crippen molar-refractivity contribution in [3.63, 3.8) is 0 Å². The van der Waals surface area contributed by atoms with Gasteiger partial charge in [0, 0.05) is 28.5 Å². The molecule has 6 rings (SSSR count). The first kappa shape index (κ1) is 29.6. The summed E-state index contributed by atoms with van der Waals surface area (Å²) in [6.45, 7) is 0. The molecule has 9 nitrogen and oxygen atoms in total. The van der Waals surface area contributed by atoms with Crippen molar-refractivity contribution in [3.05, 3.63) is 100 Å². The Bertz CT molecular complexity index is 2020. The highest BCUT2D eigenvalue weighted by atomic mass is 32.2. The Morgan fingerprint density at radius 2 is 1.89 bits per heavy atom. The topological polar surface area (TPSA) is 137 Å². The Labute approximate surface area is 255 Å². The lowest BCUT2D eigenvalue weighted by atomic mass is 9.94. The summed E-state index contributed by atoms with van der Waals surface area (Å²) in [6.07, 6.45) is 2.82. The number of carbonyl (C=O) groups is 1. The predicted molar refractivity (Wildman–Crippen MR) is 161 cm³/mol. The first-order valence-electron chi connectivity index (χ1n) is 13.6. The van der Waals surface area contributed by atoms with Gasteiger partial charge in [-0.15, -0.1) is 11.3 Å². The average molecular weight is 637 g/mol. The Hall–Kier alpha value is -4.46. The lowest BCUT2D eigenvalue weighted by Crippen LogP contribution is -2.14. The highest BCUT2D eigenvalue weighted by Gasteiger charge is 2.29. The van der Waals surface area contributed by atoms with Crippen molar-refractivity contribution < 1.29 is 31.8 Å². The van der Waals surface area contributed by atoms with Crippen LogP contribution in [-0.2, 0) is 22.9 Å². The third-order valence-corrected chi connectivity index (χ3v) is 9.20. The van der Waals surface area contributed by atoms with Crippen LogP contribution in [0.4, 0.5) is 8.78 Å². The zero-order valence-electron chi connectivity index (χ0n) is 23.3. The van der Waals surface area contributed by atoms with E-state index in [1.54, 1.807) is 41.1 Å². The maximum atomic E-state index is 15.3. The summed E-state index contributed by atoms with van der Waals surface area (Å²) in [7, 11) is -2.73. The van der Waals surface area contributed by atoms with Gasteiger partial charge in [0.25, 0.3) is 0 Å². The smallest absolute Gasteiger partial charge is 0.355 e. The van der Waals surface area contributed by atoms with Crippen LogP contribution < -0.4 is 9.88 Å². The highest BCUT2D eigenvalue weighted by Crippen LogP contribution is 2.39. The molecule has 0 amide bonds. The van der Waals surface area contributed by atoms with Crippen molar-refractivity contribution in [2.24, 2.45) is 11.1 Å². The Morgan fingerprint density at radius 1 is 1.09 bits per heavy atom. The molecule has 2 heterocycles. The van der Waals surface area contributed by atoms with Crippen molar-refractivity contribution in [3.8, 4) is 33.3 Å². The van der Waals surface area contributed by atoms with Crippen LogP contribution in [0.3, 0.4) is 0 Å². The number of hydrogen-bond acceptors (Lipinski definition) is 7. The summed E-state index contributed by atoms with van der Waals surface area (Å²) in [5.41, 5.74) is 3.72. The number of thiazole rings is 1. The molecule has 2 aromatic heterocycles. The lowest BCUT2D eigenvalue weighted by molar-refractivity contribution is 0.0691. The SMILES string of the molecule is COc1cccc(-c2cc(-c3c(Cc4ccc(S(N)(=O)=O)c(F)c4)c(CC4CC4)nn3-c3nc(C(=O)O)cs3)ccc2F)c1. The van der Waals surface area contributed by atoms with E-state index in [-0.39, 0.29) is 12.1 Å². The molecule has 226 valence electrons. The fourth-order valence-electron chi connectivity index (χ4n) is 5.11. The van der Waals surface area contributed by atoms with E-state index in [2.05, 4.69) is 4.98 Å². The number of aromatic carboxylic acids is 1. The van der Waals surface area contributed by atoms with Crippen LogP contribution in [0.15, 0.2) is 70.9 Å². The van der Waals surface area contributed by atoms with Crippen molar-refractivity contribution in [2.75, 3.05) is 7.11 Å². The van der Waals surface area contributed by atoms with Crippen molar-refractivity contribution in [2.45, 2.75) is 30.6 Å². The number of rotatable bonds is 10. The van der Waals surface area contributed by atoms with Gasteiger partial charge in [-0.2, -0.15) is 5.10 Å². The van der Waals surface area contributed by atoms with Crippen molar-refractivity contribution in [1.82, 2.24) is 14.8 Å². The first-order chi connectivity index (χ1) is 21.0. The van der Waals surface area contributed by atoms with Gasteiger partial charge in [-0.05, 0) is 78.8 Å². The predicted octanol–water partition coefficient (Wildman–Crippen LogP) is 5.84. The van der Waals surface area contributed by atoms with Crippen LogP contribution in [0.2, 0.25) is 0 Å². The minimum atomic E-state index is -4.26. The number of hydrogen-bond donors (Lipinski definition) is 2. The second-order valence-electron chi connectivity index (χ2n) is 10.6. The summed E-state index contributed by atoms with van der Waals surface area (Å²) in [4.78, 5) is 15.3. The minimum Gasteiger partial charge on any atom is -0.497 e. The van der Waals surface area contributed by atoms with Crippen molar-refractivity contribution in [1.29, 1.82) is 0 Å². The fourth-order valence-corrected chi connectivity index (χ4v) is 6.45. The molecule has 0 aliphatic heterocycles. The van der Waals surface area contributed by atoms with Gasteiger partial charge < -0.3 is 9.84 Å². The van der Waals surface area contributed by atoms with Gasteiger partial charge in [-0.1, -0.05) is 18.2 Å². The summed E-state index contributed by atoms with van der Waals surface area (Å²) < 4.78 is 60.7. The largest absolute Gasteiger partial charge is 0.497 e. The quantitative estimate of drug-likeness (QED) is 0.197.